The van der Waals surface area contributed by atoms with Crippen LogP contribution in [-0.2, 0) is 0 Å². The van der Waals surface area contributed by atoms with Crippen LogP contribution in [0.5, 0.6) is 0 Å². The Morgan fingerprint density at radius 3 is 2.60 bits per heavy atom. The second-order valence-electron chi connectivity index (χ2n) is 1.70. The summed E-state index contributed by atoms with van der Waals surface area (Å²) in [7, 11) is 0. The molecule has 0 aliphatic carbocycles. The van der Waals surface area contributed by atoms with Crippen LogP contribution in [0, 0.1) is 17.0 Å². The zero-order valence-electron chi connectivity index (χ0n) is 5.20. The minimum atomic E-state index is -0.483. The van der Waals surface area contributed by atoms with Crippen molar-refractivity contribution in [2.75, 3.05) is 5.73 Å². The molecule has 0 saturated carbocycles. The smallest absolute Gasteiger partial charge is 0.348 e. The van der Waals surface area contributed by atoms with Crippen molar-refractivity contribution in [1.82, 2.24) is 4.98 Å². The molecule has 0 amide bonds. The molecule has 0 aliphatic heterocycles. The van der Waals surface area contributed by atoms with Gasteiger partial charge in [0.1, 0.15) is 5.69 Å². The molecule has 10 heavy (non-hydrogen) atoms. The van der Waals surface area contributed by atoms with Crippen LogP contribution in [0.4, 0.5) is 10.1 Å². The summed E-state index contributed by atoms with van der Waals surface area (Å²) in [6.45, 7) is 1.56. The third-order valence-electron chi connectivity index (χ3n) is 0.954. The van der Waals surface area contributed by atoms with Gasteiger partial charge in [0.05, 0.1) is 4.92 Å². The molecule has 0 aliphatic rings. The number of hydrogen-bond donors (Lipinski definition) is 1. The second-order valence-corrected chi connectivity index (χ2v) is 2.71. The molecule has 0 atom stereocenters. The summed E-state index contributed by atoms with van der Waals surface area (Å²) >= 11 is 0.890. The standard InChI is InChI=1S/C4H5N3O2S/c1-2-3(7(8)9)10-4(5)6-2/h1H3,(H2,5,6). The molecule has 6 heteroatoms. The van der Waals surface area contributed by atoms with Crippen LogP contribution in [0.25, 0.3) is 0 Å². The highest BCUT2D eigenvalue weighted by Crippen LogP contribution is 2.26. The molecular weight excluding hydrogens is 154 g/mol. The predicted molar refractivity (Wildman–Crippen MR) is 37.9 cm³/mol. The highest BCUT2D eigenvalue weighted by molar-refractivity contribution is 7.18. The van der Waals surface area contributed by atoms with Crippen molar-refractivity contribution in [2.24, 2.45) is 0 Å². The van der Waals surface area contributed by atoms with Crippen molar-refractivity contribution in [3.05, 3.63) is 15.8 Å². The average Bonchev–Trinajstić information content (AvgIpc) is 2.10. The lowest BCUT2D eigenvalue weighted by Crippen LogP contribution is -1.85. The van der Waals surface area contributed by atoms with Gasteiger partial charge in [-0.15, -0.1) is 0 Å². The molecule has 1 aromatic rings. The number of rotatable bonds is 1. The van der Waals surface area contributed by atoms with Crippen molar-refractivity contribution < 1.29 is 4.92 Å². The number of aromatic nitrogens is 1. The van der Waals surface area contributed by atoms with Crippen molar-refractivity contribution in [3.63, 3.8) is 0 Å². The maximum atomic E-state index is 10.2. The molecular formula is C4H5N3O2S. The maximum absolute atomic E-state index is 10.2. The number of nitro groups is 1. The van der Waals surface area contributed by atoms with Gasteiger partial charge in [-0.05, 0) is 18.3 Å². The van der Waals surface area contributed by atoms with Crippen LogP contribution in [0.1, 0.15) is 5.69 Å². The quantitative estimate of drug-likeness (QED) is 0.488. The summed E-state index contributed by atoms with van der Waals surface area (Å²) in [5.74, 6) is 0. The number of nitrogens with zero attached hydrogens (tertiary/aromatic N) is 2. The molecule has 0 aromatic carbocycles. The van der Waals surface area contributed by atoms with Crippen LogP contribution in [0.2, 0.25) is 0 Å². The Labute approximate surface area is 60.6 Å². The summed E-state index contributed by atoms with van der Waals surface area (Å²) in [5.41, 5.74) is 5.60. The van der Waals surface area contributed by atoms with E-state index in [9.17, 15) is 10.1 Å². The Kier molecular flexibility index (Phi) is 1.54. The van der Waals surface area contributed by atoms with E-state index in [1.54, 1.807) is 6.92 Å². The summed E-state index contributed by atoms with van der Waals surface area (Å²) in [6.07, 6.45) is 0. The van der Waals surface area contributed by atoms with Crippen molar-refractivity contribution in [3.8, 4) is 0 Å². The number of thiazole rings is 1. The van der Waals surface area contributed by atoms with Gasteiger partial charge in [0.2, 0.25) is 0 Å². The Morgan fingerprint density at radius 1 is 1.80 bits per heavy atom. The predicted octanol–water partition coefficient (Wildman–Crippen LogP) is 0.942. The van der Waals surface area contributed by atoms with Gasteiger partial charge in [-0.25, -0.2) is 4.98 Å². The lowest BCUT2D eigenvalue weighted by Gasteiger charge is -1.81. The Bertz CT molecular complexity index is 269. The molecule has 5 nitrogen and oxygen atoms in total. The third kappa shape index (κ3) is 1.06. The molecule has 0 fully saturated rings. The minimum absolute atomic E-state index is 0.0255. The SMILES string of the molecule is Cc1nc(N)sc1[N+](=O)[O-]. The number of nitrogen functional groups attached to an aromatic ring is 1. The molecule has 1 aromatic heterocycles. The lowest BCUT2D eigenvalue weighted by molar-refractivity contribution is -0.380. The number of hydrogen-bond acceptors (Lipinski definition) is 5. The fourth-order valence-electron chi connectivity index (χ4n) is 0.578. The van der Waals surface area contributed by atoms with E-state index < -0.39 is 4.92 Å². The van der Waals surface area contributed by atoms with Gasteiger partial charge in [0.25, 0.3) is 0 Å². The Morgan fingerprint density at radius 2 is 2.40 bits per heavy atom. The van der Waals surface area contributed by atoms with Crippen LogP contribution in [0.15, 0.2) is 0 Å². The fraction of sp³-hybridized carbons (Fsp3) is 0.250. The molecule has 1 heterocycles. The van der Waals surface area contributed by atoms with Crippen LogP contribution >= 0.6 is 11.3 Å². The largest absolute Gasteiger partial charge is 0.375 e. The minimum Gasteiger partial charge on any atom is -0.375 e. The summed E-state index contributed by atoms with van der Waals surface area (Å²) < 4.78 is 0. The van der Waals surface area contributed by atoms with E-state index >= 15 is 0 Å². The van der Waals surface area contributed by atoms with Crippen molar-refractivity contribution in [1.29, 1.82) is 0 Å². The van der Waals surface area contributed by atoms with Crippen LogP contribution in [-0.4, -0.2) is 9.91 Å². The van der Waals surface area contributed by atoms with Gasteiger partial charge in [0, 0.05) is 0 Å². The van der Waals surface area contributed by atoms with Gasteiger partial charge < -0.3 is 5.73 Å². The van der Waals surface area contributed by atoms with Crippen molar-refractivity contribution >= 4 is 21.5 Å². The Balaban J connectivity index is 3.15. The number of nitrogens with two attached hydrogens (primary N) is 1. The first-order chi connectivity index (χ1) is 4.61. The first kappa shape index (κ1) is 6.94. The highest BCUT2D eigenvalue weighted by Gasteiger charge is 2.15. The average molecular weight is 159 g/mol. The monoisotopic (exact) mass is 159 g/mol. The van der Waals surface area contributed by atoms with E-state index in [1.165, 1.54) is 0 Å². The second kappa shape index (κ2) is 2.22. The van der Waals surface area contributed by atoms with Crippen molar-refractivity contribution in [2.45, 2.75) is 6.92 Å². The van der Waals surface area contributed by atoms with E-state index in [1.807, 2.05) is 0 Å². The molecule has 2 N–H and O–H groups in total. The first-order valence-electron chi connectivity index (χ1n) is 2.48. The maximum Gasteiger partial charge on any atom is 0.348 e. The molecule has 54 valence electrons. The fourth-order valence-corrected chi connectivity index (χ4v) is 1.23. The highest BCUT2D eigenvalue weighted by atomic mass is 32.1. The third-order valence-corrected chi connectivity index (χ3v) is 1.89. The normalized spacial score (nSPS) is 9.70. The number of anilines is 1. The van der Waals surface area contributed by atoms with Crippen LogP contribution in [0.3, 0.4) is 0 Å². The zero-order chi connectivity index (χ0) is 7.72. The van der Waals surface area contributed by atoms with E-state index in [-0.39, 0.29) is 10.1 Å². The van der Waals surface area contributed by atoms with Gasteiger partial charge in [-0.3, -0.25) is 10.1 Å². The Hall–Kier alpha value is -1.17. The summed E-state index contributed by atoms with van der Waals surface area (Å²) in [5, 5.41) is 10.4. The zero-order valence-corrected chi connectivity index (χ0v) is 6.01. The van der Waals surface area contributed by atoms with E-state index in [0.29, 0.717) is 5.69 Å². The number of aryl methyl sites for hydroxylation is 1. The van der Waals surface area contributed by atoms with Gasteiger partial charge in [-0.1, -0.05) is 0 Å². The van der Waals surface area contributed by atoms with Gasteiger partial charge in [-0.2, -0.15) is 0 Å². The van der Waals surface area contributed by atoms with Gasteiger partial charge in [0.15, 0.2) is 5.13 Å². The topological polar surface area (TPSA) is 82.0 Å². The van der Waals surface area contributed by atoms with E-state index in [2.05, 4.69) is 4.98 Å². The van der Waals surface area contributed by atoms with Gasteiger partial charge >= 0.3 is 5.00 Å². The molecule has 0 spiro atoms. The molecule has 0 unspecified atom stereocenters. The molecule has 0 saturated heterocycles. The van der Waals surface area contributed by atoms with E-state index in [4.69, 9.17) is 5.73 Å². The van der Waals surface area contributed by atoms with Crippen LogP contribution < -0.4 is 5.73 Å². The molecule has 0 bridgehead atoms. The lowest BCUT2D eigenvalue weighted by atomic mass is 10.5. The first-order valence-corrected chi connectivity index (χ1v) is 3.30. The molecule has 1 rings (SSSR count). The van der Waals surface area contributed by atoms with E-state index in [0.717, 1.165) is 11.3 Å². The summed E-state index contributed by atoms with van der Waals surface area (Å²) in [4.78, 5) is 13.4. The molecule has 0 radical (unpaired) electrons. The summed E-state index contributed by atoms with van der Waals surface area (Å²) in [6, 6.07) is 0.